The molecule has 1 aromatic carbocycles. The van der Waals surface area contributed by atoms with Gasteiger partial charge in [-0.05, 0) is 48.2 Å². The molecule has 0 radical (unpaired) electrons. The molecule has 1 amide bonds. The number of benzene rings is 1. The maximum Gasteiger partial charge on any atom is 0.251 e. The Kier molecular flexibility index (Phi) is 4.22. The Morgan fingerprint density at radius 2 is 1.89 bits per heavy atom. The van der Waals surface area contributed by atoms with Gasteiger partial charge in [-0.3, -0.25) is 4.79 Å². The fourth-order valence-electron chi connectivity index (χ4n) is 1.76. The monoisotopic (exact) mass is 274 g/mol. The van der Waals surface area contributed by atoms with Crippen molar-refractivity contribution < 1.29 is 4.79 Å². The first kappa shape index (κ1) is 13.6. The van der Waals surface area contributed by atoms with E-state index in [1.54, 1.807) is 11.3 Å². The first-order valence-corrected chi connectivity index (χ1v) is 7.04. The van der Waals surface area contributed by atoms with Crippen LogP contribution in [0.1, 0.15) is 20.8 Å². The number of nitrogens with zero attached hydrogens (tertiary/aromatic N) is 1. The summed E-state index contributed by atoms with van der Waals surface area (Å²) in [5.74, 6) is -0.0295. The first-order chi connectivity index (χ1) is 9.08. The topological polar surface area (TPSA) is 32.3 Å². The lowest BCUT2D eigenvalue weighted by Crippen LogP contribution is -2.22. The van der Waals surface area contributed by atoms with Crippen LogP contribution in [-0.4, -0.2) is 20.0 Å². The summed E-state index contributed by atoms with van der Waals surface area (Å²) in [4.78, 5) is 15.2. The van der Waals surface area contributed by atoms with E-state index < -0.39 is 0 Å². The fraction of sp³-hybridized carbons (Fsp3) is 0.267. The molecule has 0 saturated heterocycles. The van der Waals surface area contributed by atoms with E-state index >= 15 is 0 Å². The Bertz CT molecular complexity index is 558. The third-order valence-electron chi connectivity index (χ3n) is 3.02. The first-order valence-electron chi connectivity index (χ1n) is 6.16. The van der Waals surface area contributed by atoms with Gasteiger partial charge in [0.15, 0.2) is 0 Å². The van der Waals surface area contributed by atoms with Crippen molar-refractivity contribution in [1.29, 1.82) is 0 Å². The van der Waals surface area contributed by atoms with Crippen LogP contribution in [0, 0.1) is 6.92 Å². The van der Waals surface area contributed by atoms with E-state index in [1.807, 2.05) is 48.6 Å². The highest BCUT2D eigenvalue weighted by molar-refractivity contribution is 7.10. The van der Waals surface area contributed by atoms with Gasteiger partial charge in [-0.1, -0.05) is 0 Å². The van der Waals surface area contributed by atoms with Crippen molar-refractivity contribution in [2.75, 3.05) is 19.0 Å². The summed E-state index contributed by atoms with van der Waals surface area (Å²) < 4.78 is 0. The maximum atomic E-state index is 12.0. The van der Waals surface area contributed by atoms with Gasteiger partial charge in [0.25, 0.3) is 5.91 Å². The van der Waals surface area contributed by atoms with Crippen molar-refractivity contribution in [3.8, 4) is 0 Å². The Hall–Kier alpha value is -1.81. The lowest BCUT2D eigenvalue weighted by atomic mass is 10.2. The fourth-order valence-corrected chi connectivity index (χ4v) is 2.60. The molecule has 0 aliphatic carbocycles. The zero-order valence-corrected chi connectivity index (χ0v) is 12.3. The molecule has 0 bridgehead atoms. The minimum atomic E-state index is -0.0295. The number of amides is 1. The molecule has 1 heterocycles. The molecule has 3 nitrogen and oxygen atoms in total. The Morgan fingerprint density at radius 3 is 2.42 bits per heavy atom. The summed E-state index contributed by atoms with van der Waals surface area (Å²) in [5.41, 5.74) is 3.01. The Morgan fingerprint density at radius 1 is 1.21 bits per heavy atom. The average Bonchev–Trinajstić information content (AvgIpc) is 2.81. The van der Waals surface area contributed by atoms with Gasteiger partial charge in [0, 0.05) is 30.2 Å². The minimum Gasteiger partial charge on any atom is -0.378 e. The predicted molar refractivity (Wildman–Crippen MR) is 81.0 cm³/mol. The molecule has 0 fully saturated rings. The molecule has 0 aliphatic rings. The molecule has 0 saturated carbocycles. The highest BCUT2D eigenvalue weighted by Crippen LogP contribution is 2.16. The van der Waals surface area contributed by atoms with E-state index in [4.69, 9.17) is 0 Å². The van der Waals surface area contributed by atoms with Crippen LogP contribution in [0.25, 0.3) is 0 Å². The standard InChI is InChI=1S/C15H18N2OS/c1-11-8-9-19-14(11)10-16-15(18)12-4-6-13(7-5-12)17(2)3/h4-9H,10H2,1-3H3,(H,16,18). The van der Waals surface area contributed by atoms with Crippen LogP contribution in [0.5, 0.6) is 0 Å². The molecule has 0 unspecified atom stereocenters. The lowest BCUT2D eigenvalue weighted by molar-refractivity contribution is 0.0951. The quantitative estimate of drug-likeness (QED) is 0.929. The van der Waals surface area contributed by atoms with E-state index in [1.165, 1.54) is 10.4 Å². The number of hydrogen-bond acceptors (Lipinski definition) is 3. The SMILES string of the molecule is Cc1ccsc1CNC(=O)c1ccc(N(C)C)cc1. The van der Waals surface area contributed by atoms with Crippen LogP contribution in [0.4, 0.5) is 5.69 Å². The minimum absolute atomic E-state index is 0.0295. The number of aryl methyl sites for hydroxylation is 1. The third kappa shape index (κ3) is 3.35. The summed E-state index contributed by atoms with van der Waals surface area (Å²) >= 11 is 1.67. The molecule has 0 spiro atoms. The molecule has 1 N–H and O–H groups in total. The summed E-state index contributed by atoms with van der Waals surface area (Å²) in [6.45, 7) is 2.65. The van der Waals surface area contributed by atoms with Gasteiger partial charge in [0.05, 0.1) is 6.54 Å². The molecule has 0 atom stereocenters. The van der Waals surface area contributed by atoms with Crippen molar-refractivity contribution in [3.05, 3.63) is 51.7 Å². The number of carbonyl (C=O) groups excluding carboxylic acids is 1. The molecular formula is C15H18N2OS. The molecule has 2 aromatic rings. The van der Waals surface area contributed by atoms with Gasteiger partial charge in [-0.15, -0.1) is 11.3 Å². The number of carbonyl (C=O) groups is 1. The highest BCUT2D eigenvalue weighted by atomic mass is 32.1. The molecule has 19 heavy (non-hydrogen) atoms. The van der Waals surface area contributed by atoms with Gasteiger partial charge in [-0.2, -0.15) is 0 Å². The van der Waals surface area contributed by atoms with Gasteiger partial charge < -0.3 is 10.2 Å². The van der Waals surface area contributed by atoms with Crippen LogP contribution in [0.2, 0.25) is 0 Å². The second-order valence-electron chi connectivity index (χ2n) is 4.65. The molecule has 4 heteroatoms. The summed E-state index contributed by atoms with van der Waals surface area (Å²) in [7, 11) is 3.96. The van der Waals surface area contributed by atoms with Crippen LogP contribution < -0.4 is 10.2 Å². The third-order valence-corrected chi connectivity index (χ3v) is 4.05. The van der Waals surface area contributed by atoms with Gasteiger partial charge in [0.2, 0.25) is 0 Å². The molecule has 2 rings (SSSR count). The zero-order chi connectivity index (χ0) is 13.8. The summed E-state index contributed by atoms with van der Waals surface area (Å²) in [5, 5.41) is 4.99. The average molecular weight is 274 g/mol. The highest BCUT2D eigenvalue weighted by Gasteiger charge is 2.07. The van der Waals surface area contributed by atoms with E-state index in [0.29, 0.717) is 12.1 Å². The Labute approximate surface area is 117 Å². The molecule has 0 aliphatic heterocycles. The van der Waals surface area contributed by atoms with Crippen LogP contribution >= 0.6 is 11.3 Å². The van der Waals surface area contributed by atoms with Gasteiger partial charge in [-0.25, -0.2) is 0 Å². The number of nitrogens with one attached hydrogen (secondary N) is 1. The van der Waals surface area contributed by atoms with Crippen molar-refractivity contribution in [2.24, 2.45) is 0 Å². The lowest BCUT2D eigenvalue weighted by Gasteiger charge is -2.12. The van der Waals surface area contributed by atoms with Crippen molar-refractivity contribution in [1.82, 2.24) is 5.32 Å². The predicted octanol–water partition coefficient (Wildman–Crippen LogP) is 3.05. The van der Waals surface area contributed by atoms with E-state index in [9.17, 15) is 4.79 Å². The smallest absolute Gasteiger partial charge is 0.251 e. The number of rotatable bonds is 4. The maximum absolute atomic E-state index is 12.0. The normalized spacial score (nSPS) is 10.3. The second kappa shape index (κ2) is 5.89. The summed E-state index contributed by atoms with van der Waals surface area (Å²) in [6.07, 6.45) is 0. The molecule has 100 valence electrons. The largest absolute Gasteiger partial charge is 0.378 e. The van der Waals surface area contributed by atoms with Crippen molar-refractivity contribution >= 4 is 22.9 Å². The van der Waals surface area contributed by atoms with Crippen LogP contribution in [0.3, 0.4) is 0 Å². The van der Waals surface area contributed by atoms with E-state index in [-0.39, 0.29) is 5.91 Å². The molecular weight excluding hydrogens is 256 g/mol. The van der Waals surface area contributed by atoms with Crippen LogP contribution in [-0.2, 0) is 6.54 Å². The number of thiophene rings is 1. The zero-order valence-electron chi connectivity index (χ0n) is 11.4. The summed E-state index contributed by atoms with van der Waals surface area (Å²) in [6, 6.07) is 9.67. The van der Waals surface area contributed by atoms with E-state index in [0.717, 1.165) is 5.69 Å². The van der Waals surface area contributed by atoms with Gasteiger partial charge in [0.1, 0.15) is 0 Å². The Balaban J connectivity index is 1.98. The van der Waals surface area contributed by atoms with Crippen molar-refractivity contribution in [3.63, 3.8) is 0 Å². The van der Waals surface area contributed by atoms with Gasteiger partial charge >= 0.3 is 0 Å². The van der Waals surface area contributed by atoms with Crippen LogP contribution in [0.15, 0.2) is 35.7 Å². The second-order valence-corrected chi connectivity index (χ2v) is 5.65. The number of anilines is 1. The number of hydrogen-bond donors (Lipinski definition) is 1. The van der Waals surface area contributed by atoms with Crippen molar-refractivity contribution in [2.45, 2.75) is 13.5 Å². The van der Waals surface area contributed by atoms with E-state index in [2.05, 4.69) is 18.3 Å². The molecule has 1 aromatic heterocycles.